The largest absolute Gasteiger partial charge is 0.345 e. The summed E-state index contributed by atoms with van der Waals surface area (Å²) in [5.41, 5.74) is 4.90. The summed E-state index contributed by atoms with van der Waals surface area (Å²) in [6, 6.07) is 22.9. The van der Waals surface area contributed by atoms with Crippen LogP contribution in [-0.4, -0.2) is 31.7 Å². The zero-order valence-electron chi connectivity index (χ0n) is 19.2. The number of hydrogen-bond donors (Lipinski definition) is 1. The summed E-state index contributed by atoms with van der Waals surface area (Å²) in [6.07, 6.45) is 5.98. The minimum atomic E-state index is -3.45. The summed E-state index contributed by atoms with van der Waals surface area (Å²) in [5, 5.41) is 3.21. The van der Waals surface area contributed by atoms with E-state index in [0.29, 0.717) is 23.5 Å². The molecule has 1 fully saturated rings. The minimum Gasteiger partial charge on any atom is -0.345 e. The van der Waals surface area contributed by atoms with Crippen molar-refractivity contribution in [3.63, 3.8) is 0 Å². The van der Waals surface area contributed by atoms with E-state index in [1.807, 2.05) is 42.5 Å². The van der Waals surface area contributed by atoms with Gasteiger partial charge in [-0.2, -0.15) is 4.31 Å². The summed E-state index contributed by atoms with van der Waals surface area (Å²) in [5.74, 6) is -0.0900. The molecule has 1 N–H and O–H groups in total. The van der Waals surface area contributed by atoms with Crippen LogP contribution in [0.1, 0.15) is 59.6 Å². The van der Waals surface area contributed by atoms with Crippen LogP contribution in [0.15, 0.2) is 77.7 Å². The van der Waals surface area contributed by atoms with Gasteiger partial charge in [0.15, 0.2) is 0 Å². The van der Waals surface area contributed by atoms with Gasteiger partial charge in [-0.3, -0.25) is 4.79 Å². The number of benzene rings is 3. The molecular formula is C28H30N2O3S. The highest BCUT2D eigenvalue weighted by atomic mass is 32.2. The molecular weight excluding hydrogens is 444 g/mol. The van der Waals surface area contributed by atoms with Crippen molar-refractivity contribution < 1.29 is 13.2 Å². The molecule has 34 heavy (non-hydrogen) atoms. The predicted octanol–water partition coefficient (Wildman–Crippen LogP) is 5.34. The Morgan fingerprint density at radius 2 is 1.59 bits per heavy atom. The van der Waals surface area contributed by atoms with Gasteiger partial charge in [-0.1, -0.05) is 55.0 Å². The van der Waals surface area contributed by atoms with E-state index in [1.54, 1.807) is 16.4 Å². The molecule has 5 rings (SSSR count). The van der Waals surface area contributed by atoms with Crippen LogP contribution in [0.5, 0.6) is 0 Å². The van der Waals surface area contributed by atoms with E-state index in [9.17, 15) is 13.2 Å². The number of carbonyl (C=O) groups is 1. The highest BCUT2D eigenvalue weighted by molar-refractivity contribution is 7.89. The van der Waals surface area contributed by atoms with E-state index in [1.165, 1.54) is 11.1 Å². The van der Waals surface area contributed by atoms with Crippen LogP contribution in [0.2, 0.25) is 0 Å². The molecule has 3 aromatic carbocycles. The molecule has 2 aliphatic rings. The Balaban J connectivity index is 1.33. The van der Waals surface area contributed by atoms with Gasteiger partial charge in [-0.05, 0) is 78.6 Å². The highest BCUT2D eigenvalue weighted by Gasteiger charge is 2.26. The average Bonchev–Trinajstić information content (AvgIpc) is 2.89. The second-order valence-corrected chi connectivity index (χ2v) is 11.1. The van der Waals surface area contributed by atoms with Crippen molar-refractivity contribution >= 4 is 15.9 Å². The first-order valence-electron chi connectivity index (χ1n) is 12.1. The minimum absolute atomic E-state index is 0.0281. The molecule has 3 aromatic rings. The maximum absolute atomic E-state index is 13.1. The van der Waals surface area contributed by atoms with Gasteiger partial charge in [0, 0.05) is 18.7 Å². The van der Waals surface area contributed by atoms with E-state index in [0.717, 1.165) is 49.7 Å². The molecule has 1 aliphatic heterocycles. The summed E-state index contributed by atoms with van der Waals surface area (Å²) < 4.78 is 27.4. The van der Waals surface area contributed by atoms with Crippen LogP contribution in [0.25, 0.3) is 11.1 Å². The molecule has 6 heteroatoms. The highest BCUT2D eigenvalue weighted by Crippen LogP contribution is 2.30. The number of aryl methyl sites for hydroxylation is 1. The molecule has 0 radical (unpaired) electrons. The van der Waals surface area contributed by atoms with Gasteiger partial charge >= 0.3 is 0 Å². The lowest BCUT2D eigenvalue weighted by atomic mass is 9.87. The molecule has 1 aliphatic carbocycles. The predicted molar refractivity (Wildman–Crippen MR) is 134 cm³/mol. The maximum Gasteiger partial charge on any atom is 0.251 e. The lowest BCUT2D eigenvalue weighted by Crippen LogP contribution is -2.35. The topological polar surface area (TPSA) is 66.5 Å². The number of piperidine rings is 1. The Labute approximate surface area is 201 Å². The molecule has 0 aromatic heterocycles. The molecule has 5 nitrogen and oxygen atoms in total. The third-order valence-corrected chi connectivity index (χ3v) is 8.85. The number of nitrogens with zero attached hydrogens (tertiary/aromatic N) is 1. The molecule has 1 atom stereocenters. The van der Waals surface area contributed by atoms with Crippen molar-refractivity contribution in [2.45, 2.75) is 49.5 Å². The van der Waals surface area contributed by atoms with Crippen molar-refractivity contribution in [3.05, 3.63) is 89.5 Å². The molecule has 0 spiro atoms. The van der Waals surface area contributed by atoms with Crippen molar-refractivity contribution in [1.82, 2.24) is 9.62 Å². The third-order valence-electron chi connectivity index (χ3n) is 6.94. The van der Waals surface area contributed by atoms with E-state index in [2.05, 4.69) is 23.5 Å². The standard InChI is InChI=1S/C28H30N2O3S/c31-28(29-27-13-7-9-22-8-2-3-12-26(22)27)24-11-6-10-23(20-24)21-14-16-25(17-15-21)34(32,33)30-18-4-1-5-19-30/h2-3,6,8,10-12,14-17,20,27H,1,4-5,7,9,13,18-19H2,(H,29,31). The SMILES string of the molecule is O=C(NC1CCCc2ccccc21)c1cccc(-c2ccc(S(=O)(=O)N3CCCCC3)cc2)c1. The Morgan fingerprint density at radius 1 is 0.824 bits per heavy atom. The fourth-order valence-electron chi connectivity index (χ4n) is 5.06. The lowest BCUT2D eigenvalue weighted by Gasteiger charge is -2.26. The molecule has 0 bridgehead atoms. The zero-order valence-corrected chi connectivity index (χ0v) is 20.1. The molecule has 1 saturated heterocycles. The van der Waals surface area contributed by atoms with Gasteiger partial charge in [0.05, 0.1) is 10.9 Å². The summed E-state index contributed by atoms with van der Waals surface area (Å²) in [6.45, 7) is 1.18. The van der Waals surface area contributed by atoms with Gasteiger partial charge in [0.2, 0.25) is 10.0 Å². The molecule has 1 amide bonds. The van der Waals surface area contributed by atoms with Crippen LogP contribution in [-0.2, 0) is 16.4 Å². The quantitative estimate of drug-likeness (QED) is 0.543. The molecule has 1 heterocycles. The normalized spacial score (nSPS) is 18.8. The van der Waals surface area contributed by atoms with Crippen molar-refractivity contribution in [1.29, 1.82) is 0 Å². The van der Waals surface area contributed by atoms with Crippen LogP contribution in [0.4, 0.5) is 0 Å². The number of fused-ring (bicyclic) bond motifs is 1. The number of sulfonamides is 1. The van der Waals surface area contributed by atoms with E-state index >= 15 is 0 Å². The molecule has 1 unspecified atom stereocenters. The second kappa shape index (κ2) is 9.72. The zero-order chi connectivity index (χ0) is 23.5. The summed E-state index contributed by atoms with van der Waals surface area (Å²) in [7, 11) is -3.45. The van der Waals surface area contributed by atoms with Gasteiger partial charge < -0.3 is 5.32 Å². The van der Waals surface area contributed by atoms with Crippen molar-refractivity contribution in [2.24, 2.45) is 0 Å². The number of amides is 1. The van der Waals surface area contributed by atoms with E-state index in [4.69, 9.17) is 0 Å². The van der Waals surface area contributed by atoms with Gasteiger partial charge in [0.25, 0.3) is 5.91 Å². The van der Waals surface area contributed by atoms with Crippen molar-refractivity contribution in [2.75, 3.05) is 13.1 Å². The van der Waals surface area contributed by atoms with Crippen LogP contribution in [0.3, 0.4) is 0 Å². The first kappa shape index (κ1) is 22.8. The summed E-state index contributed by atoms with van der Waals surface area (Å²) in [4.78, 5) is 13.4. The monoisotopic (exact) mass is 474 g/mol. The Kier molecular flexibility index (Phi) is 6.53. The van der Waals surface area contributed by atoms with Gasteiger partial charge in [-0.25, -0.2) is 8.42 Å². The number of hydrogen-bond acceptors (Lipinski definition) is 3. The fraction of sp³-hybridized carbons (Fsp3) is 0.321. The number of carbonyl (C=O) groups excluding carboxylic acids is 1. The first-order chi connectivity index (χ1) is 16.5. The van der Waals surface area contributed by atoms with E-state index < -0.39 is 10.0 Å². The average molecular weight is 475 g/mol. The van der Waals surface area contributed by atoms with Gasteiger partial charge in [-0.15, -0.1) is 0 Å². The maximum atomic E-state index is 13.1. The first-order valence-corrected chi connectivity index (χ1v) is 13.6. The Bertz CT molecular complexity index is 1280. The smallest absolute Gasteiger partial charge is 0.251 e. The van der Waals surface area contributed by atoms with Gasteiger partial charge in [0.1, 0.15) is 0 Å². The van der Waals surface area contributed by atoms with Crippen LogP contribution in [0, 0.1) is 0 Å². The van der Waals surface area contributed by atoms with E-state index in [-0.39, 0.29) is 11.9 Å². The van der Waals surface area contributed by atoms with Crippen molar-refractivity contribution in [3.8, 4) is 11.1 Å². The Hall–Kier alpha value is -2.96. The molecule has 0 saturated carbocycles. The Morgan fingerprint density at radius 3 is 2.38 bits per heavy atom. The number of rotatable bonds is 5. The second-order valence-electron chi connectivity index (χ2n) is 9.19. The lowest BCUT2D eigenvalue weighted by molar-refractivity contribution is 0.0932. The summed E-state index contributed by atoms with van der Waals surface area (Å²) >= 11 is 0. The van der Waals surface area contributed by atoms with Crippen LogP contribution >= 0.6 is 0 Å². The number of nitrogens with one attached hydrogen (secondary N) is 1. The molecule has 176 valence electrons. The third kappa shape index (κ3) is 4.65. The fourth-order valence-corrected chi connectivity index (χ4v) is 6.58. The van der Waals surface area contributed by atoms with Crippen LogP contribution < -0.4 is 5.32 Å².